The Kier molecular flexibility index (Phi) is 2.75. The SMILES string of the molecule is Cc1cc(F)ccc1Nc1c(N)c(C)nn1C. The second-order valence-corrected chi connectivity index (χ2v) is 4.06. The van der Waals surface area contributed by atoms with E-state index in [0.29, 0.717) is 5.69 Å². The molecule has 0 radical (unpaired) electrons. The van der Waals surface area contributed by atoms with E-state index in [1.165, 1.54) is 12.1 Å². The number of nitrogens with two attached hydrogens (primary N) is 1. The number of nitrogens with zero attached hydrogens (tertiary/aromatic N) is 2. The highest BCUT2D eigenvalue weighted by Gasteiger charge is 2.11. The summed E-state index contributed by atoms with van der Waals surface area (Å²) in [5, 5.41) is 7.37. The number of nitrogen functional groups attached to an aromatic ring is 1. The predicted octanol–water partition coefficient (Wildman–Crippen LogP) is 2.50. The molecule has 0 saturated carbocycles. The molecule has 0 saturated heterocycles. The second kappa shape index (κ2) is 4.08. The lowest BCUT2D eigenvalue weighted by Gasteiger charge is -2.10. The highest BCUT2D eigenvalue weighted by molar-refractivity contribution is 5.72. The van der Waals surface area contributed by atoms with Crippen molar-refractivity contribution in [2.24, 2.45) is 7.05 Å². The van der Waals surface area contributed by atoms with Gasteiger partial charge in [-0.15, -0.1) is 0 Å². The van der Waals surface area contributed by atoms with Crippen molar-refractivity contribution < 1.29 is 4.39 Å². The zero-order valence-electron chi connectivity index (χ0n) is 10.1. The summed E-state index contributed by atoms with van der Waals surface area (Å²) in [5.74, 6) is 0.472. The van der Waals surface area contributed by atoms with E-state index in [0.717, 1.165) is 22.8 Å². The summed E-state index contributed by atoms with van der Waals surface area (Å²) in [4.78, 5) is 0. The molecule has 2 aromatic rings. The third-order valence-corrected chi connectivity index (χ3v) is 2.71. The lowest BCUT2D eigenvalue weighted by Crippen LogP contribution is -2.02. The van der Waals surface area contributed by atoms with Crippen LogP contribution in [0.15, 0.2) is 18.2 Å². The van der Waals surface area contributed by atoms with Gasteiger partial charge in [-0.3, -0.25) is 4.68 Å². The average Bonchev–Trinajstić information content (AvgIpc) is 2.48. The van der Waals surface area contributed by atoms with Crippen LogP contribution < -0.4 is 11.1 Å². The van der Waals surface area contributed by atoms with E-state index in [1.807, 2.05) is 20.9 Å². The van der Waals surface area contributed by atoms with Gasteiger partial charge >= 0.3 is 0 Å². The number of hydrogen-bond acceptors (Lipinski definition) is 3. The molecule has 90 valence electrons. The van der Waals surface area contributed by atoms with E-state index in [9.17, 15) is 4.39 Å². The number of hydrogen-bond donors (Lipinski definition) is 2. The lowest BCUT2D eigenvalue weighted by atomic mass is 10.2. The van der Waals surface area contributed by atoms with Crippen LogP contribution in [0.4, 0.5) is 21.6 Å². The Morgan fingerprint density at radius 3 is 2.59 bits per heavy atom. The first-order valence-electron chi connectivity index (χ1n) is 5.31. The molecule has 0 unspecified atom stereocenters. The molecule has 5 heteroatoms. The molecule has 3 N–H and O–H groups in total. The summed E-state index contributed by atoms with van der Waals surface area (Å²) in [6.07, 6.45) is 0. The molecule has 0 aliphatic carbocycles. The summed E-state index contributed by atoms with van der Waals surface area (Å²) in [6, 6.07) is 4.57. The van der Waals surface area contributed by atoms with Crippen LogP contribution in [0.5, 0.6) is 0 Å². The average molecular weight is 234 g/mol. The quantitative estimate of drug-likeness (QED) is 0.839. The van der Waals surface area contributed by atoms with E-state index in [-0.39, 0.29) is 5.82 Å². The van der Waals surface area contributed by atoms with Gasteiger partial charge in [0.05, 0.1) is 11.4 Å². The molecule has 1 aromatic carbocycles. The summed E-state index contributed by atoms with van der Waals surface area (Å²) in [6.45, 7) is 3.68. The maximum Gasteiger partial charge on any atom is 0.152 e. The monoisotopic (exact) mass is 234 g/mol. The Labute approximate surface area is 99.2 Å². The Balaban J connectivity index is 2.38. The van der Waals surface area contributed by atoms with Gasteiger partial charge in [-0.25, -0.2) is 4.39 Å². The minimum Gasteiger partial charge on any atom is -0.394 e. The summed E-state index contributed by atoms with van der Waals surface area (Å²) in [7, 11) is 1.81. The smallest absolute Gasteiger partial charge is 0.152 e. The van der Waals surface area contributed by atoms with Crippen LogP contribution in [0.2, 0.25) is 0 Å². The van der Waals surface area contributed by atoms with Crippen LogP contribution in [0.25, 0.3) is 0 Å². The van der Waals surface area contributed by atoms with Crippen LogP contribution in [-0.4, -0.2) is 9.78 Å². The summed E-state index contributed by atoms with van der Waals surface area (Å²) < 4.78 is 14.7. The van der Waals surface area contributed by atoms with E-state index in [4.69, 9.17) is 5.73 Å². The number of aromatic nitrogens is 2. The normalized spacial score (nSPS) is 10.6. The van der Waals surface area contributed by atoms with Crippen LogP contribution in [0, 0.1) is 19.7 Å². The zero-order valence-corrected chi connectivity index (χ0v) is 10.1. The first kappa shape index (κ1) is 11.4. The fourth-order valence-electron chi connectivity index (χ4n) is 1.72. The van der Waals surface area contributed by atoms with Crippen molar-refractivity contribution in [2.75, 3.05) is 11.1 Å². The largest absolute Gasteiger partial charge is 0.394 e. The third-order valence-electron chi connectivity index (χ3n) is 2.71. The Bertz CT molecular complexity index is 560. The van der Waals surface area contributed by atoms with Crippen molar-refractivity contribution in [3.63, 3.8) is 0 Å². The van der Waals surface area contributed by atoms with Gasteiger partial charge in [0.25, 0.3) is 0 Å². The minimum atomic E-state index is -0.248. The van der Waals surface area contributed by atoms with Gasteiger partial charge in [0.15, 0.2) is 5.82 Å². The Morgan fingerprint density at radius 1 is 1.35 bits per heavy atom. The molecule has 0 spiro atoms. The van der Waals surface area contributed by atoms with Crippen molar-refractivity contribution >= 4 is 17.2 Å². The van der Waals surface area contributed by atoms with Gasteiger partial charge in [-0.2, -0.15) is 5.10 Å². The number of benzene rings is 1. The molecular weight excluding hydrogens is 219 g/mol. The van der Waals surface area contributed by atoms with E-state index in [1.54, 1.807) is 10.7 Å². The van der Waals surface area contributed by atoms with Gasteiger partial charge in [0, 0.05) is 12.7 Å². The number of anilines is 3. The van der Waals surface area contributed by atoms with E-state index >= 15 is 0 Å². The number of rotatable bonds is 2. The minimum absolute atomic E-state index is 0.248. The molecule has 2 rings (SSSR count). The Hall–Kier alpha value is -2.04. The van der Waals surface area contributed by atoms with Crippen molar-refractivity contribution in [1.29, 1.82) is 0 Å². The summed E-state index contributed by atoms with van der Waals surface area (Å²) >= 11 is 0. The molecule has 0 fully saturated rings. The molecule has 0 atom stereocenters. The van der Waals surface area contributed by atoms with Crippen molar-refractivity contribution in [2.45, 2.75) is 13.8 Å². The second-order valence-electron chi connectivity index (χ2n) is 4.06. The first-order valence-corrected chi connectivity index (χ1v) is 5.31. The summed E-state index contributed by atoms with van der Waals surface area (Å²) in [5.41, 5.74) is 8.93. The highest BCUT2D eigenvalue weighted by Crippen LogP contribution is 2.27. The van der Waals surface area contributed by atoms with Crippen molar-refractivity contribution in [1.82, 2.24) is 9.78 Å². The van der Waals surface area contributed by atoms with E-state index in [2.05, 4.69) is 10.4 Å². The first-order chi connectivity index (χ1) is 7.99. The maximum absolute atomic E-state index is 13.0. The standard InChI is InChI=1S/C12H15FN4/c1-7-6-9(13)4-5-10(7)15-12-11(14)8(2)16-17(12)3/h4-6,15H,14H2,1-3H3. The van der Waals surface area contributed by atoms with Crippen LogP contribution in [0.3, 0.4) is 0 Å². The molecule has 4 nitrogen and oxygen atoms in total. The number of halogens is 1. The van der Waals surface area contributed by atoms with Crippen molar-refractivity contribution in [3.05, 3.63) is 35.3 Å². The fraction of sp³-hybridized carbons (Fsp3) is 0.250. The molecule has 1 aromatic heterocycles. The molecular formula is C12H15FN4. The number of nitrogens with one attached hydrogen (secondary N) is 1. The van der Waals surface area contributed by atoms with Gasteiger partial charge in [0.1, 0.15) is 5.82 Å². The lowest BCUT2D eigenvalue weighted by molar-refractivity contribution is 0.627. The molecule has 1 heterocycles. The Morgan fingerprint density at radius 2 is 2.06 bits per heavy atom. The zero-order chi connectivity index (χ0) is 12.6. The van der Waals surface area contributed by atoms with Gasteiger partial charge < -0.3 is 11.1 Å². The maximum atomic E-state index is 13.0. The van der Waals surface area contributed by atoms with Gasteiger partial charge in [0.2, 0.25) is 0 Å². The van der Waals surface area contributed by atoms with Crippen molar-refractivity contribution in [3.8, 4) is 0 Å². The molecule has 0 aliphatic heterocycles. The topological polar surface area (TPSA) is 55.9 Å². The molecule has 0 bridgehead atoms. The molecule has 0 amide bonds. The fourth-order valence-corrected chi connectivity index (χ4v) is 1.72. The van der Waals surface area contributed by atoms with Crippen LogP contribution >= 0.6 is 0 Å². The highest BCUT2D eigenvalue weighted by atomic mass is 19.1. The van der Waals surface area contributed by atoms with Gasteiger partial charge in [-0.1, -0.05) is 0 Å². The predicted molar refractivity (Wildman–Crippen MR) is 66.8 cm³/mol. The molecule has 0 aliphatic rings. The number of aryl methyl sites for hydroxylation is 3. The third kappa shape index (κ3) is 2.08. The van der Waals surface area contributed by atoms with E-state index < -0.39 is 0 Å². The van der Waals surface area contributed by atoms with Crippen LogP contribution in [-0.2, 0) is 7.05 Å². The van der Waals surface area contributed by atoms with Gasteiger partial charge in [-0.05, 0) is 37.6 Å². The van der Waals surface area contributed by atoms with Crippen LogP contribution in [0.1, 0.15) is 11.3 Å². The molecule has 17 heavy (non-hydrogen) atoms.